The molecule has 2 aromatic rings. The third-order valence-electron chi connectivity index (χ3n) is 3.99. The number of carbonyl (C=O) groups is 1. The summed E-state index contributed by atoms with van der Waals surface area (Å²) in [4.78, 5) is 18.4. The minimum atomic E-state index is -0.0404. The number of nitrogens with zero attached hydrogens (tertiary/aromatic N) is 3. The fourth-order valence-corrected chi connectivity index (χ4v) is 2.81. The van der Waals surface area contributed by atoms with Gasteiger partial charge in [-0.15, -0.1) is 0 Å². The number of amides is 1. The summed E-state index contributed by atoms with van der Waals surface area (Å²) in [5, 5.41) is 0. The van der Waals surface area contributed by atoms with Gasteiger partial charge in [-0.25, -0.2) is 4.98 Å². The van der Waals surface area contributed by atoms with E-state index in [9.17, 15) is 4.79 Å². The summed E-state index contributed by atoms with van der Waals surface area (Å²) in [5.74, 6) is 2.00. The van der Waals surface area contributed by atoms with Gasteiger partial charge in [0.15, 0.2) is 5.76 Å². The van der Waals surface area contributed by atoms with Crippen LogP contribution in [0.5, 0.6) is 0 Å². The van der Waals surface area contributed by atoms with Crippen LogP contribution < -0.4 is 0 Å². The van der Waals surface area contributed by atoms with Gasteiger partial charge in [-0.05, 0) is 25.3 Å². The van der Waals surface area contributed by atoms with Gasteiger partial charge in [-0.1, -0.05) is 0 Å². The average molecular weight is 273 g/mol. The number of hydrogen-bond donors (Lipinski definition) is 0. The summed E-state index contributed by atoms with van der Waals surface area (Å²) < 4.78 is 7.46. The molecule has 3 rings (SSSR count). The summed E-state index contributed by atoms with van der Waals surface area (Å²) in [6.07, 6.45) is 7.44. The summed E-state index contributed by atoms with van der Waals surface area (Å²) in [6, 6.07) is 1.82. The van der Waals surface area contributed by atoms with Crippen molar-refractivity contribution in [1.82, 2.24) is 14.5 Å². The summed E-state index contributed by atoms with van der Waals surface area (Å²) in [5.41, 5.74) is 0.890. The lowest BCUT2D eigenvalue weighted by molar-refractivity contribution is 0.0731. The van der Waals surface area contributed by atoms with E-state index in [4.69, 9.17) is 4.42 Å². The van der Waals surface area contributed by atoms with Crippen LogP contribution in [0.15, 0.2) is 29.1 Å². The van der Waals surface area contributed by atoms with Crippen LogP contribution in [0.4, 0.5) is 0 Å². The normalized spacial score (nSPS) is 17.8. The number of hydrogen-bond acceptors (Lipinski definition) is 3. The van der Waals surface area contributed by atoms with Gasteiger partial charge in [0.2, 0.25) is 0 Å². The number of aromatic nitrogens is 2. The second-order valence-electron chi connectivity index (χ2n) is 5.51. The van der Waals surface area contributed by atoms with Crippen molar-refractivity contribution in [2.75, 3.05) is 13.6 Å². The predicted molar refractivity (Wildman–Crippen MR) is 74.4 cm³/mol. The maximum Gasteiger partial charge on any atom is 0.289 e. The SMILES string of the molecule is Cc1ccoc1C(=O)N(C)C[C@H]1CCn2ccnc2C1. The Kier molecular flexibility index (Phi) is 3.34. The summed E-state index contributed by atoms with van der Waals surface area (Å²) >= 11 is 0. The minimum absolute atomic E-state index is 0.0404. The molecule has 0 saturated carbocycles. The average Bonchev–Trinajstić information content (AvgIpc) is 3.05. The zero-order chi connectivity index (χ0) is 14.1. The van der Waals surface area contributed by atoms with Gasteiger partial charge in [0, 0.05) is 44.5 Å². The number of aryl methyl sites for hydroxylation is 2. The minimum Gasteiger partial charge on any atom is -0.459 e. The molecule has 5 nitrogen and oxygen atoms in total. The smallest absolute Gasteiger partial charge is 0.289 e. The lowest BCUT2D eigenvalue weighted by Gasteiger charge is -2.27. The molecular weight excluding hydrogens is 254 g/mol. The van der Waals surface area contributed by atoms with Crippen molar-refractivity contribution in [3.8, 4) is 0 Å². The molecule has 0 unspecified atom stereocenters. The van der Waals surface area contributed by atoms with E-state index in [-0.39, 0.29) is 5.91 Å². The molecule has 0 bridgehead atoms. The van der Waals surface area contributed by atoms with Crippen molar-refractivity contribution in [3.63, 3.8) is 0 Å². The van der Waals surface area contributed by atoms with Gasteiger partial charge in [-0.3, -0.25) is 4.79 Å². The van der Waals surface area contributed by atoms with Gasteiger partial charge < -0.3 is 13.9 Å². The van der Waals surface area contributed by atoms with Gasteiger partial charge in [-0.2, -0.15) is 0 Å². The first kappa shape index (κ1) is 13.0. The van der Waals surface area contributed by atoms with E-state index in [0.717, 1.165) is 37.3 Å². The first-order valence-corrected chi connectivity index (χ1v) is 6.94. The fourth-order valence-electron chi connectivity index (χ4n) is 2.81. The Hall–Kier alpha value is -2.04. The van der Waals surface area contributed by atoms with Crippen molar-refractivity contribution in [3.05, 3.63) is 41.9 Å². The molecule has 1 aliphatic rings. The molecule has 0 saturated heterocycles. The van der Waals surface area contributed by atoms with Crippen LogP contribution >= 0.6 is 0 Å². The van der Waals surface area contributed by atoms with Crippen molar-refractivity contribution in [2.24, 2.45) is 5.92 Å². The van der Waals surface area contributed by atoms with E-state index in [1.165, 1.54) is 0 Å². The Balaban J connectivity index is 1.64. The van der Waals surface area contributed by atoms with Crippen LogP contribution in [-0.2, 0) is 13.0 Å². The fraction of sp³-hybridized carbons (Fsp3) is 0.467. The maximum atomic E-state index is 12.3. The van der Waals surface area contributed by atoms with Crippen LogP contribution in [0.25, 0.3) is 0 Å². The Bertz CT molecular complexity index is 614. The van der Waals surface area contributed by atoms with Gasteiger partial charge in [0.25, 0.3) is 5.91 Å². The molecule has 20 heavy (non-hydrogen) atoms. The molecule has 106 valence electrons. The molecule has 1 amide bonds. The Morgan fingerprint density at radius 1 is 1.60 bits per heavy atom. The Morgan fingerprint density at radius 2 is 2.45 bits per heavy atom. The van der Waals surface area contributed by atoms with Crippen molar-refractivity contribution < 1.29 is 9.21 Å². The third kappa shape index (κ3) is 2.35. The molecule has 0 spiro atoms. The highest BCUT2D eigenvalue weighted by atomic mass is 16.3. The van der Waals surface area contributed by atoms with Crippen LogP contribution in [0.3, 0.4) is 0 Å². The van der Waals surface area contributed by atoms with E-state index in [2.05, 4.69) is 9.55 Å². The van der Waals surface area contributed by atoms with Crippen molar-refractivity contribution in [1.29, 1.82) is 0 Å². The van der Waals surface area contributed by atoms with Crippen LogP contribution in [-0.4, -0.2) is 34.0 Å². The van der Waals surface area contributed by atoms with E-state index >= 15 is 0 Å². The highest BCUT2D eigenvalue weighted by Crippen LogP contribution is 2.21. The highest BCUT2D eigenvalue weighted by Gasteiger charge is 2.24. The van der Waals surface area contributed by atoms with Crippen LogP contribution in [0.2, 0.25) is 0 Å². The van der Waals surface area contributed by atoms with Crippen molar-refractivity contribution in [2.45, 2.75) is 26.3 Å². The van der Waals surface area contributed by atoms with E-state index in [0.29, 0.717) is 11.7 Å². The Labute approximate surface area is 118 Å². The molecule has 5 heteroatoms. The second-order valence-corrected chi connectivity index (χ2v) is 5.51. The van der Waals surface area contributed by atoms with Crippen molar-refractivity contribution >= 4 is 5.91 Å². The zero-order valence-corrected chi connectivity index (χ0v) is 11.9. The number of imidazole rings is 1. The summed E-state index contributed by atoms with van der Waals surface area (Å²) in [7, 11) is 1.84. The molecule has 3 heterocycles. The molecule has 0 aliphatic carbocycles. The molecule has 0 aromatic carbocycles. The topological polar surface area (TPSA) is 51.3 Å². The lowest BCUT2D eigenvalue weighted by Crippen LogP contribution is -2.35. The number of carbonyl (C=O) groups excluding carboxylic acids is 1. The lowest BCUT2D eigenvalue weighted by atomic mass is 9.97. The molecule has 1 atom stereocenters. The summed E-state index contributed by atoms with van der Waals surface area (Å²) in [6.45, 7) is 3.62. The highest BCUT2D eigenvalue weighted by molar-refractivity contribution is 5.92. The predicted octanol–water partition coefficient (Wildman–Crippen LogP) is 2.12. The van der Waals surface area contributed by atoms with E-state index < -0.39 is 0 Å². The first-order chi connectivity index (χ1) is 9.65. The van der Waals surface area contributed by atoms with Gasteiger partial charge in [0.1, 0.15) is 5.82 Å². The second kappa shape index (κ2) is 5.15. The maximum absolute atomic E-state index is 12.3. The van der Waals surface area contributed by atoms with Gasteiger partial charge in [0.05, 0.1) is 6.26 Å². The van der Waals surface area contributed by atoms with Crippen LogP contribution in [0, 0.1) is 12.8 Å². The standard InChI is InChI=1S/C15H19N3O2/c1-11-4-8-20-14(11)15(19)17(2)10-12-3-6-18-7-5-16-13(18)9-12/h4-5,7-8,12H,3,6,9-10H2,1-2H3/t12-/m0/s1. The Morgan fingerprint density at radius 3 is 3.20 bits per heavy atom. The zero-order valence-electron chi connectivity index (χ0n) is 11.9. The van der Waals surface area contributed by atoms with E-state index in [1.807, 2.05) is 32.4 Å². The van der Waals surface area contributed by atoms with Gasteiger partial charge >= 0.3 is 0 Å². The number of fused-ring (bicyclic) bond motifs is 1. The van der Waals surface area contributed by atoms with Crippen LogP contribution in [0.1, 0.15) is 28.4 Å². The molecule has 0 radical (unpaired) electrons. The largest absolute Gasteiger partial charge is 0.459 e. The molecule has 0 N–H and O–H groups in total. The third-order valence-corrected chi connectivity index (χ3v) is 3.99. The molecule has 0 fully saturated rings. The number of furan rings is 1. The number of rotatable bonds is 3. The molecule has 1 aliphatic heterocycles. The molecule has 2 aromatic heterocycles. The first-order valence-electron chi connectivity index (χ1n) is 6.94. The monoisotopic (exact) mass is 273 g/mol. The quantitative estimate of drug-likeness (QED) is 0.860. The molecular formula is C15H19N3O2. The van der Waals surface area contributed by atoms with E-state index in [1.54, 1.807) is 11.2 Å².